The van der Waals surface area contributed by atoms with Gasteiger partial charge in [0.2, 0.25) is 0 Å². The van der Waals surface area contributed by atoms with Gasteiger partial charge < -0.3 is 9.84 Å². The van der Waals surface area contributed by atoms with E-state index < -0.39 is 0 Å². The Hall–Kier alpha value is -2.59. The molecule has 0 aliphatic rings. The van der Waals surface area contributed by atoms with Crippen molar-refractivity contribution in [3.05, 3.63) is 72.1 Å². The summed E-state index contributed by atoms with van der Waals surface area (Å²) in [5, 5.41) is 13.7. The predicted molar refractivity (Wildman–Crippen MR) is 85.3 cm³/mol. The van der Waals surface area contributed by atoms with Crippen LogP contribution in [0.3, 0.4) is 0 Å². The fourth-order valence-electron chi connectivity index (χ4n) is 2.39. The van der Waals surface area contributed by atoms with Crippen molar-refractivity contribution in [3.8, 4) is 16.9 Å². The fourth-order valence-corrected chi connectivity index (χ4v) is 2.39. The smallest absolute Gasteiger partial charge is 0.120 e. The van der Waals surface area contributed by atoms with E-state index in [0.29, 0.717) is 12.3 Å². The number of hydrogen-bond donors (Lipinski definition) is 1. The van der Waals surface area contributed by atoms with Crippen molar-refractivity contribution in [1.82, 2.24) is 9.78 Å². The monoisotopic (exact) mass is 294 g/mol. The molecule has 0 saturated carbocycles. The first kappa shape index (κ1) is 14.4. The van der Waals surface area contributed by atoms with Crippen molar-refractivity contribution in [2.45, 2.75) is 13.2 Å². The Morgan fingerprint density at radius 1 is 1.09 bits per heavy atom. The molecule has 22 heavy (non-hydrogen) atoms. The molecule has 0 spiro atoms. The van der Waals surface area contributed by atoms with Crippen LogP contribution in [0.4, 0.5) is 0 Å². The molecule has 1 heterocycles. The summed E-state index contributed by atoms with van der Waals surface area (Å²) >= 11 is 0. The van der Waals surface area contributed by atoms with Gasteiger partial charge in [-0.2, -0.15) is 5.10 Å². The molecule has 3 aromatic rings. The van der Waals surface area contributed by atoms with E-state index in [9.17, 15) is 5.11 Å². The molecule has 0 amide bonds. The van der Waals surface area contributed by atoms with Crippen LogP contribution in [0.25, 0.3) is 11.1 Å². The topological polar surface area (TPSA) is 47.3 Å². The fraction of sp³-hybridized carbons (Fsp3) is 0.167. The first-order valence-corrected chi connectivity index (χ1v) is 7.17. The highest BCUT2D eigenvalue weighted by molar-refractivity contribution is 5.66. The summed E-state index contributed by atoms with van der Waals surface area (Å²) in [5.74, 6) is 0.800. The number of aliphatic hydroxyl groups excluding tert-OH is 1. The predicted octanol–water partition coefficient (Wildman–Crippen LogP) is 3.16. The first-order chi connectivity index (χ1) is 10.8. The van der Waals surface area contributed by atoms with Crippen LogP contribution in [-0.2, 0) is 20.3 Å². The highest BCUT2D eigenvalue weighted by Gasteiger charge is 2.09. The van der Waals surface area contributed by atoms with Crippen molar-refractivity contribution < 1.29 is 9.84 Å². The van der Waals surface area contributed by atoms with Crippen molar-refractivity contribution in [2.24, 2.45) is 7.05 Å². The van der Waals surface area contributed by atoms with Gasteiger partial charge in [0.1, 0.15) is 12.4 Å². The minimum absolute atomic E-state index is 0.0781. The first-order valence-electron chi connectivity index (χ1n) is 7.17. The summed E-state index contributed by atoms with van der Waals surface area (Å²) in [6, 6.07) is 17.9. The molecule has 2 aromatic carbocycles. The lowest BCUT2D eigenvalue weighted by Gasteiger charge is -2.08. The maximum Gasteiger partial charge on any atom is 0.120 e. The summed E-state index contributed by atoms with van der Waals surface area (Å²) in [6.45, 7) is 0.454. The number of ether oxygens (including phenoxy) is 1. The van der Waals surface area contributed by atoms with Crippen LogP contribution in [0.2, 0.25) is 0 Å². The van der Waals surface area contributed by atoms with Gasteiger partial charge in [-0.05, 0) is 23.3 Å². The van der Waals surface area contributed by atoms with Gasteiger partial charge in [-0.1, -0.05) is 42.5 Å². The van der Waals surface area contributed by atoms with Gasteiger partial charge in [0.25, 0.3) is 0 Å². The van der Waals surface area contributed by atoms with Gasteiger partial charge in [-0.15, -0.1) is 0 Å². The van der Waals surface area contributed by atoms with E-state index in [1.807, 2.05) is 67.8 Å². The maximum atomic E-state index is 9.41. The lowest BCUT2D eigenvalue weighted by atomic mass is 10.1. The van der Waals surface area contributed by atoms with E-state index in [2.05, 4.69) is 5.10 Å². The second-order valence-corrected chi connectivity index (χ2v) is 5.12. The van der Waals surface area contributed by atoms with Gasteiger partial charge in [0.05, 0.1) is 12.3 Å². The van der Waals surface area contributed by atoms with Crippen LogP contribution >= 0.6 is 0 Å². The molecule has 0 atom stereocenters. The highest BCUT2D eigenvalue weighted by Crippen LogP contribution is 2.26. The zero-order chi connectivity index (χ0) is 15.4. The summed E-state index contributed by atoms with van der Waals surface area (Å²) in [5.41, 5.74) is 3.71. The number of aliphatic hydroxyl groups is 1. The normalized spacial score (nSPS) is 10.6. The van der Waals surface area contributed by atoms with Crippen LogP contribution < -0.4 is 4.74 Å². The van der Waals surface area contributed by atoms with E-state index in [1.54, 1.807) is 4.68 Å². The standard InChI is InChI=1S/C18H18N2O2/c1-20-11-17(18(12-21)19-20)15-8-5-9-16(10-15)22-13-14-6-3-2-4-7-14/h2-11,21H,12-13H2,1H3. The summed E-state index contributed by atoms with van der Waals surface area (Å²) in [4.78, 5) is 0. The van der Waals surface area contributed by atoms with Crippen LogP contribution in [0, 0.1) is 0 Å². The molecule has 1 aromatic heterocycles. The van der Waals surface area contributed by atoms with Crippen LogP contribution in [-0.4, -0.2) is 14.9 Å². The van der Waals surface area contributed by atoms with Crippen LogP contribution in [0.5, 0.6) is 5.75 Å². The van der Waals surface area contributed by atoms with Crippen molar-refractivity contribution >= 4 is 0 Å². The van der Waals surface area contributed by atoms with E-state index in [0.717, 1.165) is 22.4 Å². The SMILES string of the molecule is Cn1cc(-c2cccc(OCc3ccccc3)c2)c(CO)n1. The second kappa shape index (κ2) is 6.45. The molecule has 112 valence electrons. The largest absolute Gasteiger partial charge is 0.489 e. The lowest BCUT2D eigenvalue weighted by Crippen LogP contribution is -1.95. The lowest BCUT2D eigenvalue weighted by molar-refractivity contribution is 0.276. The van der Waals surface area contributed by atoms with Gasteiger partial charge in [-0.25, -0.2) is 0 Å². The van der Waals surface area contributed by atoms with E-state index in [1.165, 1.54) is 0 Å². The van der Waals surface area contributed by atoms with Crippen molar-refractivity contribution in [3.63, 3.8) is 0 Å². The van der Waals surface area contributed by atoms with Crippen molar-refractivity contribution in [1.29, 1.82) is 0 Å². The third kappa shape index (κ3) is 3.18. The molecule has 4 heteroatoms. The molecule has 0 radical (unpaired) electrons. The zero-order valence-electron chi connectivity index (χ0n) is 12.4. The average molecular weight is 294 g/mol. The Morgan fingerprint density at radius 3 is 2.68 bits per heavy atom. The third-order valence-electron chi connectivity index (χ3n) is 3.45. The molecule has 0 saturated heterocycles. The summed E-state index contributed by atoms with van der Waals surface area (Å²) < 4.78 is 7.55. The van der Waals surface area contributed by atoms with Crippen molar-refractivity contribution in [2.75, 3.05) is 0 Å². The molecular weight excluding hydrogens is 276 g/mol. The van der Waals surface area contributed by atoms with Crippen LogP contribution in [0.15, 0.2) is 60.8 Å². The third-order valence-corrected chi connectivity index (χ3v) is 3.45. The number of benzene rings is 2. The van der Waals surface area contributed by atoms with E-state index in [-0.39, 0.29) is 6.61 Å². The Morgan fingerprint density at radius 2 is 1.91 bits per heavy atom. The quantitative estimate of drug-likeness (QED) is 0.786. The molecule has 1 N–H and O–H groups in total. The molecule has 0 aliphatic heterocycles. The highest BCUT2D eigenvalue weighted by atomic mass is 16.5. The maximum absolute atomic E-state index is 9.41. The minimum Gasteiger partial charge on any atom is -0.489 e. The van der Waals surface area contributed by atoms with Crippen LogP contribution in [0.1, 0.15) is 11.3 Å². The summed E-state index contributed by atoms with van der Waals surface area (Å²) in [6.07, 6.45) is 1.90. The number of hydrogen-bond acceptors (Lipinski definition) is 3. The van der Waals surface area contributed by atoms with Gasteiger partial charge >= 0.3 is 0 Å². The zero-order valence-corrected chi connectivity index (χ0v) is 12.4. The number of aromatic nitrogens is 2. The molecule has 0 bridgehead atoms. The Labute approximate surface area is 129 Å². The number of nitrogens with zero attached hydrogens (tertiary/aromatic N) is 2. The van der Waals surface area contributed by atoms with Gasteiger partial charge in [0.15, 0.2) is 0 Å². The molecule has 0 unspecified atom stereocenters. The molecular formula is C18H18N2O2. The number of aryl methyl sites for hydroxylation is 1. The molecule has 3 rings (SSSR count). The molecule has 0 aliphatic carbocycles. The Bertz CT molecular complexity index is 751. The average Bonchev–Trinajstić information content (AvgIpc) is 2.95. The minimum atomic E-state index is -0.0781. The number of rotatable bonds is 5. The van der Waals surface area contributed by atoms with E-state index >= 15 is 0 Å². The van der Waals surface area contributed by atoms with Gasteiger partial charge in [0, 0.05) is 18.8 Å². The Balaban J connectivity index is 1.80. The molecule has 0 fully saturated rings. The second-order valence-electron chi connectivity index (χ2n) is 5.12. The van der Waals surface area contributed by atoms with Gasteiger partial charge in [-0.3, -0.25) is 4.68 Å². The van der Waals surface area contributed by atoms with E-state index in [4.69, 9.17) is 4.74 Å². The Kier molecular flexibility index (Phi) is 4.21. The summed E-state index contributed by atoms with van der Waals surface area (Å²) in [7, 11) is 1.85. The molecule has 4 nitrogen and oxygen atoms in total.